The Morgan fingerprint density at radius 3 is 2.66 bits per heavy atom. The summed E-state index contributed by atoms with van der Waals surface area (Å²) in [6.45, 7) is 0.787. The zero-order valence-corrected chi connectivity index (χ0v) is 16.1. The van der Waals surface area contributed by atoms with Gasteiger partial charge in [0.05, 0.1) is 11.2 Å². The van der Waals surface area contributed by atoms with Crippen LogP contribution in [0, 0.1) is 0 Å². The van der Waals surface area contributed by atoms with Crippen LogP contribution in [0.2, 0.25) is 0 Å². The summed E-state index contributed by atoms with van der Waals surface area (Å²) >= 11 is 0. The summed E-state index contributed by atoms with van der Waals surface area (Å²) in [6, 6.07) is 17.1. The largest absolute Gasteiger partial charge is 0.359 e. The van der Waals surface area contributed by atoms with Gasteiger partial charge < -0.3 is 10.2 Å². The monoisotopic (exact) mass is 383 g/mol. The molecule has 1 aromatic carbocycles. The fourth-order valence-electron chi connectivity index (χ4n) is 3.13. The molecule has 1 amide bonds. The van der Waals surface area contributed by atoms with Gasteiger partial charge in [-0.25, -0.2) is 4.98 Å². The summed E-state index contributed by atoms with van der Waals surface area (Å²) in [4.78, 5) is 27.7. The van der Waals surface area contributed by atoms with Crippen molar-refractivity contribution in [1.82, 2.24) is 15.0 Å². The quantitative estimate of drug-likeness (QED) is 0.546. The number of carbonyl (C=O) groups excluding carboxylic acids is 1. The smallest absolute Gasteiger partial charge is 0.255 e. The number of aromatic nitrogens is 3. The molecule has 0 atom stereocenters. The van der Waals surface area contributed by atoms with E-state index in [1.165, 1.54) is 5.56 Å². The lowest BCUT2D eigenvalue weighted by molar-refractivity contribution is 0.102. The van der Waals surface area contributed by atoms with E-state index in [0.29, 0.717) is 11.3 Å². The molecular weight excluding hydrogens is 362 g/mol. The molecular formula is C23H21N5O. The zero-order chi connectivity index (χ0) is 20.1. The highest BCUT2D eigenvalue weighted by Gasteiger charge is 2.12. The van der Waals surface area contributed by atoms with E-state index in [1.807, 2.05) is 54.4 Å². The summed E-state index contributed by atoms with van der Waals surface area (Å²) in [5.41, 5.74) is 3.23. The van der Waals surface area contributed by atoms with E-state index < -0.39 is 0 Å². The van der Waals surface area contributed by atoms with Crippen LogP contribution in [0.5, 0.6) is 0 Å². The molecule has 144 valence electrons. The lowest BCUT2D eigenvalue weighted by Gasteiger charge is -2.18. The van der Waals surface area contributed by atoms with Crippen LogP contribution in [0.15, 0.2) is 79.4 Å². The van der Waals surface area contributed by atoms with E-state index in [-0.39, 0.29) is 5.91 Å². The number of nitrogens with one attached hydrogen (secondary N) is 1. The third-order valence-corrected chi connectivity index (χ3v) is 4.76. The molecule has 4 aromatic rings. The maximum absolute atomic E-state index is 12.8. The molecule has 3 aromatic heterocycles. The standard InChI is InChI=1S/C23H21N5O/c1-28(15-10-17-7-12-24-13-8-17)21-16-19(9-14-25-21)23(29)27-20-6-2-4-18-5-3-11-26-22(18)20/h2-9,11-14,16H,10,15H2,1H3,(H,27,29). The van der Waals surface area contributed by atoms with Crippen LogP contribution >= 0.6 is 0 Å². The van der Waals surface area contributed by atoms with E-state index in [1.54, 1.807) is 36.9 Å². The Morgan fingerprint density at radius 1 is 0.966 bits per heavy atom. The van der Waals surface area contributed by atoms with Crippen molar-refractivity contribution in [3.05, 3.63) is 90.5 Å². The third kappa shape index (κ3) is 4.38. The molecule has 6 heteroatoms. The average Bonchev–Trinajstić information content (AvgIpc) is 2.78. The Balaban J connectivity index is 1.48. The number of amides is 1. The Labute approximate surface area is 169 Å². The van der Waals surface area contributed by atoms with Gasteiger partial charge in [0.2, 0.25) is 0 Å². The minimum absolute atomic E-state index is 0.186. The van der Waals surface area contributed by atoms with Crippen LogP contribution in [-0.4, -0.2) is 34.5 Å². The number of fused-ring (bicyclic) bond motifs is 1. The van der Waals surface area contributed by atoms with Gasteiger partial charge in [-0.1, -0.05) is 18.2 Å². The van der Waals surface area contributed by atoms with Gasteiger partial charge in [-0.05, 0) is 48.4 Å². The summed E-state index contributed by atoms with van der Waals surface area (Å²) in [7, 11) is 1.97. The summed E-state index contributed by atoms with van der Waals surface area (Å²) < 4.78 is 0. The Bertz CT molecular complexity index is 1120. The predicted molar refractivity (Wildman–Crippen MR) is 115 cm³/mol. The SMILES string of the molecule is CN(CCc1ccncc1)c1cc(C(=O)Nc2cccc3cccnc23)ccn1. The van der Waals surface area contributed by atoms with Gasteiger partial charge in [0, 0.05) is 49.3 Å². The van der Waals surface area contributed by atoms with Gasteiger partial charge in [-0.3, -0.25) is 14.8 Å². The molecule has 0 saturated heterocycles. The molecule has 29 heavy (non-hydrogen) atoms. The fourth-order valence-corrected chi connectivity index (χ4v) is 3.13. The second-order valence-corrected chi connectivity index (χ2v) is 6.76. The molecule has 0 aliphatic heterocycles. The third-order valence-electron chi connectivity index (χ3n) is 4.76. The fraction of sp³-hybridized carbons (Fsp3) is 0.130. The molecule has 0 aliphatic rings. The van der Waals surface area contributed by atoms with Crippen molar-refractivity contribution < 1.29 is 4.79 Å². The first-order valence-electron chi connectivity index (χ1n) is 9.42. The number of nitrogens with zero attached hydrogens (tertiary/aromatic N) is 4. The Morgan fingerprint density at radius 2 is 1.79 bits per heavy atom. The van der Waals surface area contributed by atoms with Gasteiger partial charge in [0.1, 0.15) is 5.82 Å². The van der Waals surface area contributed by atoms with E-state index in [0.717, 1.165) is 29.7 Å². The molecule has 6 nitrogen and oxygen atoms in total. The lowest BCUT2D eigenvalue weighted by atomic mass is 10.1. The first kappa shape index (κ1) is 18.6. The van der Waals surface area contributed by atoms with Gasteiger partial charge in [0.15, 0.2) is 0 Å². The molecule has 4 rings (SSSR count). The molecule has 0 bridgehead atoms. The van der Waals surface area contributed by atoms with Crippen LogP contribution in [0.4, 0.5) is 11.5 Å². The maximum Gasteiger partial charge on any atom is 0.255 e. The van der Waals surface area contributed by atoms with Crippen molar-refractivity contribution in [2.75, 3.05) is 23.8 Å². The molecule has 0 saturated carbocycles. The number of benzene rings is 1. The van der Waals surface area contributed by atoms with E-state index in [9.17, 15) is 4.79 Å². The highest BCUT2D eigenvalue weighted by molar-refractivity contribution is 6.08. The predicted octanol–water partition coefficient (Wildman–Crippen LogP) is 3.96. The van der Waals surface area contributed by atoms with Crippen LogP contribution in [0.3, 0.4) is 0 Å². The summed E-state index contributed by atoms with van der Waals surface area (Å²) in [5, 5.41) is 3.95. The molecule has 0 fully saturated rings. The lowest BCUT2D eigenvalue weighted by Crippen LogP contribution is -2.22. The number of para-hydroxylation sites is 1. The minimum Gasteiger partial charge on any atom is -0.359 e. The number of carbonyl (C=O) groups is 1. The van der Waals surface area contributed by atoms with Gasteiger partial charge >= 0.3 is 0 Å². The zero-order valence-electron chi connectivity index (χ0n) is 16.1. The average molecular weight is 383 g/mol. The van der Waals surface area contributed by atoms with Gasteiger partial charge in [0.25, 0.3) is 5.91 Å². The molecule has 0 spiro atoms. The minimum atomic E-state index is -0.186. The van der Waals surface area contributed by atoms with Crippen LogP contribution < -0.4 is 10.2 Å². The molecule has 3 heterocycles. The topological polar surface area (TPSA) is 71.0 Å². The maximum atomic E-state index is 12.8. The van der Waals surface area contributed by atoms with Crippen LogP contribution in [-0.2, 0) is 6.42 Å². The van der Waals surface area contributed by atoms with Gasteiger partial charge in [-0.2, -0.15) is 0 Å². The van der Waals surface area contributed by atoms with E-state index >= 15 is 0 Å². The van der Waals surface area contributed by atoms with E-state index in [2.05, 4.69) is 20.3 Å². The van der Waals surface area contributed by atoms with Crippen LogP contribution in [0.25, 0.3) is 10.9 Å². The van der Waals surface area contributed by atoms with Crippen molar-refractivity contribution in [2.45, 2.75) is 6.42 Å². The number of pyridine rings is 3. The Kier molecular flexibility index (Phi) is 5.42. The first-order chi connectivity index (χ1) is 14.2. The second-order valence-electron chi connectivity index (χ2n) is 6.76. The highest BCUT2D eigenvalue weighted by Crippen LogP contribution is 2.22. The van der Waals surface area contributed by atoms with Gasteiger partial charge in [-0.15, -0.1) is 0 Å². The summed E-state index contributed by atoms with van der Waals surface area (Å²) in [6.07, 6.45) is 7.84. The number of anilines is 2. The second kappa shape index (κ2) is 8.48. The van der Waals surface area contributed by atoms with Crippen molar-refractivity contribution in [3.8, 4) is 0 Å². The van der Waals surface area contributed by atoms with Crippen molar-refractivity contribution in [3.63, 3.8) is 0 Å². The highest BCUT2D eigenvalue weighted by atomic mass is 16.1. The normalized spacial score (nSPS) is 10.7. The van der Waals surface area contributed by atoms with Crippen molar-refractivity contribution >= 4 is 28.3 Å². The molecule has 0 aliphatic carbocycles. The number of hydrogen-bond donors (Lipinski definition) is 1. The number of rotatable bonds is 6. The number of likely N-dealkylation sites (N-methyl/N-ethyl adjacent to an activating group) is 1. The first-order valence-corrected chi connectivity index (χ1v) is 9.42. The summed E-state index contributed by atoms with van der Waals surface area (Å²) in [5.74, 6) is 0.567. The number of hydrogen-bond acceptors (Lipinski definition) is 5. The van der Waals surface area contributed by atoms with Crippen molar-refractivity contribution in [1.29, 1.82) is 0 Å². The molecule has 1 N–H and O–H groups in total. The molecule has 0 radical (unpaired) electrons. The Hall–Kier alpha value is -3.80. The molecule has 0 unspecified atom stereocenters. The van der Waals surface area contributed by atoms with Crippen molar-refractivity contribution in [2.24, 2.45) is 0 Å². The van der Waals surface area contributed by atoms with E-state index in [4.69, 9.17) is 0 Å². The van der Waals surface area contributed by atoms with Crippen LogP contribution in [0.1, 0.15) is 15.9 Å².